The summed E-state index contributed by atoms with van der Waals surface area (Å²) in [7, 11) is 0. The molecule has 0 radical (unpaired) electrons. The molecule has 0 aliphatic heterocycles. The van der Waals surface area contributed by atoms with Gasteiger partial charge in [0.05, 0.1) is 17.1 Å². The molecule has 0 spiro atoms. The van der Waals surface area contributed by atoms with E-state index in [0.29, 0.717) is 5.56 Å². The second-order valence-corrected chi connectivity index (χ2v) is 6.29. The van der Waals surface area contributed by atoms with Crippen molar-refractivity contribution in [2.45, 2.75) is 13.0 Å². The quantitative estimate of drug-likeness (QED) is 0.564. The number of imidazole rings is 1. The van der Waals surface area contributed by atoms with Crippen molar-refractivity contribution in [1.82, 2.24) is 15.3 Å². The van der Waals surface area contributed by atoms with E-state index in [-0.39, 0.29) is 11.9 Å². The lowest BCUT2D eigenvalue weighted by molar-refractivity contribution is 0.0940. The maximum Gasteiger partial charge on any atom is 0.251 e. The lowest BCUT2D eigenvalue weighted by atomic mass is 10.1. The average molecular weight is 341 g/mol. The highest BCUT2D eigenvalue weighted by molar-refractivity contribution is 5.95. The molecule has 4 heteroatoms. The first-order chi connectivity index (χ1) is 12.7. The van der Waals surface area contributed by atoms with Crippen molar-refractivity contribution in [3.05, 3.63) is 90.0 Å². The third-order valence-electron chi connectivity index (χ3n) is 4.46. The Hall–Kier alpha value is -3.40. The van der Waals surface area contributed by atoms with E-state index in [1.54, 1.807) is 0 Å². The minimum Gasteiger partial charge on any atom is -0.346 e. The van der Waals surface area contributed by atoms with E-state index in [9.17, 15) is 4.79 Å². The summed E-state index contributed by atoms with van der Waals surface area (Å²) in [4.78, 5) is 20.4. The predicted octanol–water partition coefficient (Wildman–Crippen LogP) is 4.72. The molecular weight excluding hydrogens is 322 g/mol. The smallest absolute Gasteiger partial charge is 0.251 e. The lowest BCUT2D eigenvalue weighted by Gasteiger charge is -2.14. The third kappa shape index (κ3) is 3.22. The number of amides is 1. The van der Waals surface area contributed by atoms with E-state index in [2.05, 4.69) is 15.3 Å². The van der Waals surface area contributed by atoms with Crippen LogP contribution in [0.2, 0.25) is 0 Å². The number of H-pyrrole nitrogens is 1. The molecule has 128 valence electrons. The normalized spacial score (nSPS) is 12.0. The van der Waals surface area contributed by atoms with Gasteiger partial charge in [-0.2, -0.15) is 0 Å². The third-order valence-corrected chi connectivity index (χ3v) is 4.46. The fourth-order valence-electron chi connectivity index (χ4n) is 2.97. The summed E-state index contributed by atoms with van der Waals surface area (Å²) in [6.45, 7) is 1.98. The number of aromatic amines is 1. The minimum absolute atomic E-state index is 0.0428. The van der Waals surface area contributed by atoms with Crippen molar-refractivity contribution < 1.29 is 4.79 Å². The molecule has 0 aliphatic rings. The van der Waals surface area contributed by atoms with E-state index < -0.39 is 0 Å². The Morgan fingerprint density at radius 2 is 1.62 bits per heavy atom. The van der Waals surface area contributed by atoms with E-state index in [1.165, 1.54) is 0 Å². The molecule has 26 heavy (non-hydrogen) atoms. The number of nitrogens with zero attached hydrogens (tertiary/aromatic N) is 1. The van der Waals surface area contributed by atoms with Gasteiger partial charge in [0.15, 0.2) is 0 Å². The second-order valence-electron chi connectivity index (χ2n) is 6.29. The van der Waals surface area contributed by atoms with Gasteiger partial charge in [-0.1, -0.05) is 54.6 Å². The Balaban J connectivity index is 1.51. The van der Waals surface area contributed by atoms with Crippen LogP contribution in [-0.4, -0.2) is 15.9 Å². The highest BCUT2D eigenvalue weighted by Crippen LogP contribution is 2.21. The number of fused-ring (bicyclic) bond motifs is 1. The summed E-state index contributed by atoms with van der Waals surface area (Å²) < 4.78 is 0. The highest BCUT2D eigenvalue weighted by atomic mass is 16.1. The second kappa shape index (κ2) is 6.84. The van der Waals surface area contributed by atoms with Crippen LogP contribution in [0, 0.1) is 0 Å². The number of nitrogens with one attached hydrogen (secondary N) is 2. The number of carbonyl (C=O) groups excluding carboxylic acids is 1. The predicted molar refractivity (Wildman–Crippen MR) is 104 cm³/mol. The first kappa shape index (κ1) is 16.1. The van der Waals surface area contributed by atoms with Gasteiger partial charge in [-0.3, -0.25) is 4.79 Å². The fraction of sp³-hybridized carbons (Fsp3) is 0.0909. The summed E-state index contributed by atoms with van der Waals surface area (Å²) in [5, 5.41) is 3.03. The highest BCUT2D eigenvalue weighted by Gasteiger charge is 2.12. The van der Waals surface area contributed by atoms with Crippen LogP contribution in [0.25, 0.3) is 22.4 Å². The molecule has 0 saturated carbocycles. The molecule has 1 amide bonds. The van der Waals surface area contributed by atoms with Gasteiger partial charge in [0.1, 0.15) is 5.82 Å². The standard InChI is InChI=1S/C22H19N3O/c1-15(16-7-3-2-4-8-16)23-22(26)18-13-11-17(12-14-18)21-24-19-9-5-6-10-20(19)25-21/h2-15H,1H3,(H,23,26)(H,24,25)/t15-/m0/s1. The first-order valence-electron chi connectivity index (χ1n) is 8.62. The first-order valence-corrected chi connectivity index (χ1v) is 8.62. The van der Waals surface area contributed by atoms with Gasteiger partial charge in [0, 0.05) is 11.1 Å². The molecule has 0 fully saturated rings. The molecule has 4 nitrogen and oxygen atoms in total. The molecular formula is C22H19N3O. The van der Waals surface area contributed by atoms with Crippen molar-refractivity contribution in [3.8, 4) is 11.4 Å². The molecule has 0 aliphatic carbocycles. The lowest BCUT2D eigenvalue weighted by Crippen LogP contribution is -2.26. The van der Waals surface area contributed by atoms with Gasteiger partial charge >= 0.3 is 0 Å². The molecule has 0 saturated heterocycles. The SMILES string of the molecule is C[C@H](NC(=O)c1ccc(-c2nc3ccccc3[nH]2)cc1)c1ccccc1. The molecule has 1 aromatic heterocycles. The molecule has 4 rings (SSSR count). The van der Waals surface area contributed by atoms with Gasteiger partial charge in [-0.15, -0.1) is 0 Å². The molecule has 0 unspecified atom stereocenters. The zero-order valence-electron chi connectivity index (χ0n) is 14.4. The van der Waals surface area contributed by atoms with Crippen LogP contribution in [-0.2, 0) is 0 Å². The van der Waals surface area contributed by atoms with Crippen LogP contribution in [0.4, 0.5) is 0 Å². The zero-order chi connectivity index (χ0) is 17.9. The molecule has 4 aromatic rings. The molecule has 1 heterocycles. The number of carbonyl (C=O) groups is 1. The van der Waals surface area contributed by atoms with Crippen LogP contribution in [0.15, 0.2) is 78.9 Å². The van der Waals surface area contributed by atoms with E-state index >= 15 is 0 Å². The van der Waals surface area contributed by atoms with E-state index in [4.69, 9.17) is 0 Å². The van der Waals surface area contributed by atoms with Crippen molar-refractivity contribution in [2.24, 2.45) is 0 Å². The largest absolute Gasteiger partial charge is 0.346 e. The number of hydrogen-bond donors (Lipinski definition) is 2. The number of hydrogen-bond acceptors (Lipinski definition) is 2. The average Bonchev–Trinajstić information content (AvgIpc) is 3.13. The number of rotatable bonds is 4. The van der Waals surface area contributed by atoms with E-state index in [0.717, 1.165) is 28.0 Å². The molecule has 3 aromatic carbocycles. The number of benzene rings is 3. The summed E-state index contributed by atoms with van der Waals surface area (Å²) in [5.41, 5.74) is 4.60. The van der Waals surface area contributed by atoms with E-state index in [1.807, 2.05) is 85.8 Å². The minimum atomic E-state index is -0.0856. The zero-order valence-corrected chi connectivity index (χ0v) is 14.4. The molecule has 1 atom stereocenters. The number of aromatic nitrogens is 2. The van der Waals surface area contributed by atoms with Crippen LogP contribution in [0.5, 0.6) is 0 Å². The van der Waals surface area contributed by atoms with Crippen LogP contribution >= 0.6 is 0 Å². The monoisotopic (exact) mass is 341 g/mol. The Morgan fingerprint density at radius 3 is 2.35 bits per heavy atom. The van der Waals surface area contributed by atoms with Gasteiger partial charge in [0.2, 0.25) is 0 Å². The Kier molecular flexibility index (Phi) is 4.23. The maximum absolute atomic E-state index is 12.5. The Bertz CT molecular complexity index is 1000. The van der Waals surface area contributed by atoms with Gasteiger partial charge < -0.3 is 10.3 Å². The van der Waals surface area contributed by atoms with Crippen molar-refractivity contribution in [3.63, 3.8) is 0 Å². The fourth-order valence-corrected chi connectivity index (χ4v) is 2.97. The van der Waals surface area contributed by atoms with Gasteiger partial charge in [-0.05, 0) is 36.8 Å². The van der Waals surface area contributed by atoms with Crippen LogP contribution in [0.1, 0.15) is 28.9 Å². The molecule has 2 N–H and O–H groups in total. The van der Waals surface area contributed by atoms with Gasteiger partial charge in [-0.25, -0.2) is 4.98 Å². The number of para-hydroxylation sites is 2. The Morgan fingerprint density at radius 1 is 0.923 bits per heavy atom. The summed E-state index contributed by atoms with van der Waals surface area (Å²) in [6.07, 6.45) is 0. The van der Waals surface area contributed by atoms with Crippen molar-refractivity contribution in [1.29, 1.82) is 0 Å². The molecule has 0 bridgehead atoms. The maximum atomic E-state index is 12.5. The Labute approximate surface area is 151 Å². The summed E-state index contributed by atoms with van der Waals surface area (Å²) in [5.74, 6) is 0.716. The van der Waals surface area contributed by atoms with Crippen LogP contribution < -0.4 is 5.32 Å². The van der Waals surface area contributed by atoms with Crippen molar-refractivity contribution in [2.75, 3.05) is 0 Å². The summed E-state index contributed by atoms with van der Waals surface area (Å²) >= 11 is 0. The summed E-state index contributed by atoms with van der Waals surface area (Å²) in [6, 6.07) is 25.3. The van der Waals surface area contributed by atoms with Gasteiger partial charge in [0.25, 0.3) is 5.91 Å². The van der Waals surface area contributed by atoms with Crippen molar-refractivity contribution >= 4 is 16.9 Å². The van der Waals surface area contributed by atoms with Crippen LogP contribution in [0.3, 0.4) is 0 Å². The topological polar surface area (TPSA) is 57.8 Å².